The number of carbonyl (C=O) groups excluding carboxylic acids is 4. The van der Waals surface area contributed by atoms with Crippen LogP contribution in [0.25, 0.3) is 0 Å². The van der Waals surface area contributed by atoms with E-state index in [0.717, 1.165) is 4.90 Å². The third-order valence-corrected chi connectivity index (χ3v) is 5.06. The van der Waals surface area contributed by atoms with Gasteiger partial charge in [0.05, 0.1) is 32.4 Å². The van der Waals surface area contributed by atoms with Crippen molar-refractivity contribution >= 4 is 52.6 Å². The van der Waals surface area contributed by atoms with Crippen LogP contribution in [-0.4, -0.2) is 36.8 Å². The molecule has 2 aromatic rings. The van der Waals surface area contributed by atoms with Crippen LogP contribution in [0.1, 0.15) is 44.9 Å². The molecule has 0 radical (unpaired) electrons. The SMILES string of the molecule is CC(C)CNC(=O)COC(=O)c1ccc2c(c1)C(=O)N(c1ccc(Cl)c(Cl)c1)C2=O. The van der Waals surface area contributed by atoms with Crippen LogP contribution in [0.2, 0.25) is 10.0 Å². The molecule has 3 amide bonds. The third-order valence-electron chi connectivity index (χ3n) is 4.33. The molecular weight excluding hydrogens is 431 g/mol. The molecule has 0 fully saturated rings. The normalized spacial score (nSPS) is 12.9. The van der Waals surface area contributed by atoms with Crippen LogP contribution < -0.4 is 10.2 Å². The van der Waals surface area contributed by atoms with Crippen LogP contribution in [0, 0.1) is 5.92 Å². The van der Waals surface area contributed by atoms with Crippen LogP contribution in [-0.2, 0) is 9.53 Å². The predicted molar refractivity (Wildman–Crippen MR) is 112 cm³/mol. The van der Waals surface area contributed by atoms with Crippen molar-refractivity contribution in [2.75, 3.05) is 18.1 Å². The number of nitrogens with one attached hydrogen (secondary N) is 1. The predicted octanol–water partition coefficient (Wildman–Crippen LogP) is 3.72. The van der Waals surface area contributed by atoms with E-state index in [1.165, 1.54) is 36.4 Å². The van der Waals surface area contributed by atoms with Crippen molar-refractivity contribution in [1.82, 2.24) is 5.32 Å². The summed E-state index contributed by atoms with van der Waals surface area (Å²) in [4.78, 5) is 50.4. The highest BCUT2D eigenvalue weighted by Crippen LogP contribution is 2.33. The number of hydrogen-bond acceptors (Lipinski definition) is 5. The van der Waals surface area contributed by atoms with Gasteiger partial charge < -0.3 is 10.1 Å². The molecule has 1 aliphatic heterocycles. The van der Waals surface area contributed by atoms with Crippen molar-refractivity contribution in [2.45, 2.75) is 13.8 Å². The second-order valence-corrected chi connectivity index (χ2v) is 7.89. The van der Waals surface area contributed by atoms with Crippen molar-refractivity contribution in [3.05, 3.63) is 63.1 Å². The Morgan fingerprint density at radius 3 is 2.37 bits per heavy atom. The third kappa shape index (κ3) is 4.47. The molecule has 1 heterocycles. The van der Waals surface area contributed by atoms with Crippen LogP contribution in [0.5, 0.6) is 0 Å². The van der Waals surface area contributed by atoms with E-state index >= 15 is 0 Å². The van der Waals surface area contributed by atoms with Gasteiger partial charge in [0.25, 0.3) is 17.7 Å². The molecule has 0 bridgehead atoms. The van der Waals surface area contributed by atoms with E-state index in [-0.39, 0.29) is 33.3 Å². The summed E-state index contributed by atoms with van der Waals surface area (Å²) in [7, 11) is 0. The Kier molecular flexibility index (Phi) is 6.43. The topological polar surface area (TPSA) is 92.8 Å². The van der Waals surface area contributed by atoms with Gasteiger partial charge in [-0.25, -0.2) is 9.69 Å². The molecule has 3 rings (SSSR count). The van der Waals surface area contributed by atoms with Gasteiger partial charge in [0.1, 0.15) is 0 Å². The summed E-state index contributed by atoms with van der Waals surface area (Å²) >= 11 is 11.9. The van der Waals surface area contributed by atoms with Gasteiger partial charge in [-0.3, -0.25) is 14.4 Å². The summed E-state index contributed by atoms with van der Waals surface area (Å²) < 4.78 is 4.99. The molecule has 0 aromatic heterocycles. The number of nitrogens with zero attached hydrogens (tertiary/aromatic N) is 1. The van der Waals surface area contributed by atoms with Crippen LogP contribution in [0.15, 0.2) is 36.4 Å². The quantitative estimate of drug-likeness (QED) is 0.536. The lowest BCUT2D eigenvalue weighted by molar-refractivity contribution is -0.124. The standard InChI is InChI=1S/C21H18Cl2N2O5/c1-11(2)9-24-18(26)10-30-21(29)12-3-5-14-15(7-12)20(28)25(19(14)27)13-4-6-16(22)17(23)8-13/h3-8,11H,9-10H2,1-2H3,(H,24,26). The Morgan fingerprint density at radius 2 is 1.70 bits per heavy atom. The van der Waals surface area contributed by atoms with Gasteiger partial charge in [-0.1, -0.05) is 37.0 Å². The molecule has 2 aromatic carbocycles. The highest BCUT2D eigenvalue weighted by molar-refractivity contribution is 6.42. The molecule has 7 nitrogen and oxygen atoms in total. The maximum absolute atomic E-state index is 12.8. The summed E-state index contributed by atoms with van der Waals surface area (Å²) in [6, 6.07) is 8.42. The number of carbonyl (C=O) groups is 4. The molecule has 0 unspecified atom stereocenters. The number of fused-ring (bicyclic) bond motifs is 1. The van der Waals surface area contributed by atoms with E-state index in [1.807, 2.05) is 13.8 Å². The first kappa shape index (κ1) is 21.8. The summed E-state index contributed by atoms with van der Waals surface area (Å²) in [5, 5.41) is 3.13. The summed E-state index contributed by atoms with van der Waals surface area (Å²) in [6.07, 6.45) is 0. The fraction of sp³-hybridized carbons (Fsp3) is 0.238. The van der Waals surface area contributed by atoms with Crippen LogP contribution in [0.3, 0.4) is 0 Å². The fourth-order valence-corrected chi connectivity index (χ4v) is 3.10. The average molecular weight is 449 g/mol. The van der Waals surface area contributed by atoms with E-state index in [2.05, 4.69) is 5.32 Å². The second-order valence-electron chi connectivity index (χ2n) is 7.08. The van der Waals surface area contributed by atoms with Gasteiger partial charge in [0.15, 0.2) is 6.61 Å². The number of imide groups is 1. The molecule has 1 N–H and O–H groups in total. The van der Waals surface area contributed by atoms with Crippen molar-refractivity contribution in [3.8, 4) is 0 Å². The Bertz CT molecular complexity index is 1050. The van der Waals surface area contributed by atoms with Gasteiger partial charge in [0.2, 0.25) is 0 Å². The molecule has 156 valence electrons. The molecule has 1 aliphatic rings. The number of benzene rings is 2. The number of hydrogen-bond donors (Lipinski definition) is 1. The van der Waals surface area contributed by atoms with E-state index < -0.39 is 30.3 Å². The molecule has 9 heteroatoms. The average Bonchev–Trinajstić information content (AvgIpc) is 2.96. The van der Waals surface area contributed by atoms with Crippen molar-refractivity contribution in [2.24, 2.45) is 5.92 Å². The van der Waals surface area contributed by atoms with E-state index in [4.69, 9.17) is 27.9 Å². The van der Waals surface area contributed by atoms with E-state index in [1.54, 1.807) is 0 Å². The second kappa shape index (κ2) is 8.85. The van der Waals surface area contributed by atoms with Gasteiger partial charge in [-0.05, 0) is 42.3 Å². The number of amides is 3. The fourth-order valence-electron chi connectivity index (χ4n) is 2.81. The first-order chi connectivity index (χ1) is 14.2. The monoisotopic (exact) mass is 448 g/mol. The molecule has 0 saturated carbocycles. The minimum Gasteiger partial charge on any atom is -0.452 e. The van der Waals surface area contributed by atoms with Crippen molar-refractivity contribution in [1.29, 1.82) is 0 Å². The van der Waals surface area contributed by atoms with E-state index in [9.17, 15) is 19.2 Å². The zero-order valence-electron chi connectivity index (χ0n) is 16.2. The highest BCUT2D eigenvalue weighted by Gasteiger charge is 2.37. The zero-order valence-corrected chi connectivity index (χ0v) is 17.7. The number of ether oxygens (including phenoxy) is 1. The summed E-state index contributed by atoms with van der Waals surface area (Å²) in [6.45, 7) is 3.91. The van der Waals surface area contributed by atoms with Gasteiger partial charge in [-0.15, -0.1) is 0 Å². The maximum atomic E-state index is 12.8. The van der Waals surface area contributed by atoms with Crippen molar-refractivity contribution < 1.29 is 23.9 Å². The van der Waals surface area contributed by atoms with Gasteiger partial charge in [-0.2, -0.15) is 0 Å². The first-order valence-corrected chi connectivity index (χ1v) is 9.86. The smallest absolute Gasteiger partial charge is 0.338 e. The van der Waals surface area contributed by atoms with E-state index in [0.29, 0.717) is 11.6 Å². The maximum Gasteiger partial charge on any atom is 0.338 e. The lowest BCUT2D eigenvalue weighted by Crippen LogP contribution is -2.31. The molecule has 30 heavy (non-hydrogen) atoms. The molecule has 0 atom stereocenters. The summed E-state index contributed by atoms with van der Waals surface area (Å²) in [5.41, 5.74) is 0.533. The number of rotatable bonds is 6. The van der Waals surface area contributed by atoms with Gasteiger partial charge >= 0.3 is 5.97 Å². The summed E-state index contributed by atoms with van der Waals surface area (Å²) in [5.74, 6) is -2.07. The highest BCUT2D eigenvalue weighted by atomic mass is 35.5. The largest absolute Gasteiger partial charge is 0.452 e. The Hall–Kier alpha value is -2.90. The molecular formula is C21H18Cl2N2O5. The molecule has 0 spiro atoms. The Balaban J connectivity index is 1.75. The zero-order chi connectivity index (χ0) is 22.0. The first-order valence-electron chi connectivity index (χ1n) is 9.10. The minimum absolute atomic E-state index is 0.0579. The molecule has 0 saturated heterocycles. The molecule has 0 aliphatic carbocycles. The lowest BCUT2D eigenvalue weighted by atomic mass is 10.1. The van der Waals surface area contributed by atoms with Gasteiger partial charge in [0, 0.05) is 6.54 Å². The van der Waals surface area contributed by atoms with Crippen molar-refractivity contribution in [3.63, 3.8) is 0 Å². The lowest BCUT2D eigenvalue weighted by Gasteiger charge is -2.14. The Labute approximate surface area is 182 Å². The Morgan fingerprint density at radius 1 is 1.00 bits per heavy atom. The number of anilines is 1. The minimum atomic E-state index is -0.772. The van der Waals surface area contributed by atoms with Crippen LogP contribution in [0.4, 0.5) is 5.69 Å². The number of halogens is 2. The number of esters is 1. The van der Waals surface area contributed by atoms with Crippen LogP contribution >= 0.6 is 23.2 Å².